The molecular weight excluding hydrogens is 178 g/mol. The number of hydrogen-bond acceptors (Lipinski definition) is 2. The lowest BCUT2D eigenvalue weighted by Crippen LogP contribution is -2.39. The van der Waals surface area contributed by atoms with Crippen molar-refractivity contribution in [2.24, 2.45) is 0 Å². The second-order valence-electron chi connectivity index (χ2n) is 4.06. The van der Waals surface area contributed by atoms with E-state index in [9.17, 15) is 4.79 Å². The summed E-state index contributed by atoms with van der Waals surface area (Å²) in [6, 6.07) is 0. The average Bonchev–Trinajstić information content (AvgIpc) is 2.77. The second kappa shape index (κ2) is 3.98. The molecule has 2 fully saturated rings. The van der Waals surface area contributed by atoms with Gasteiger partial charge >= 0.3 is 0 Å². The van der Waals surface area contributed by atoms with Crippen molar-refractivity contribution in [2.45, 2.75) is 25.7 Å². The second-order valence-corrected chi connectivity index (χ2v) is 4.06. The SMILES string of the molecule is N=C1CCCN1CC(=O)N1CCCC1. The van der Waals surface area contributed by atoms with E-state index in [-0.39, 0.29) is 5.91 Å². The van der Waals surface area contributed by atoms with Crippen molar-refractivity contribution in [3.8, 4) is 0 Å². The molecule has 1 amide bonds. The van der Waals surface area contributed by atoms with Gasteiger partial charge in [-0.15, -0.1) is 0 Å². The zero-order valence-corrected chi connectivity index (χ0v) is 8.46. The quantitative estimate of drug-likeness (QED) is 0.704. The molecule has 0 aromatic carbocycles. The summed E-state index contributed by atoms with van der Waals surface area (Å²) < 4.78 is 0. The first kappa shape index (κ1) is 9.49. The molecule has 0 saturated carbocycles. The number of rotatable bonds is 2. The Morgan fingerprint density at radius 1 is 1.21 bits per heavy atom. The van der Waals surface area contributed by atoms with Crippen LogP contribution in [0.25, 0.3) is 0 Å². The van der Waals surface area contributed by atoms with E-state index in [1.165, 1.54) is 0 Å². The molecule has 1 N–H and O–H groups in total. The van der Waals surface area contributed by atoms with E-state index in [0.29, 0.717) is 12.4 Å². The fourth-order valence-electron chi connectivity index (χ4n) is 2.13. The van der Waals surface area contributed by atoms with Crippen molar-refractivity contribution in [1.82, 2.24) is 9.80 Å². The minimum atomic E-state index is 0.203. The molecule has 0 radical (unpaired) electrons. The Hall–Kier alpha value is -1.06. The highest BCUT2D eigenvalue weighted by atomic mass is 16.2. The molecule has 0 spiro atoms. The van der Waals surface area contributed by atoms with E-state index in [1.807, 2.05) is 9.80 Å². The summed E-state index contributed by atoms with van der Waals surface area (Å²) in [5, 5.41) is 7.63. The maximum absolute atomic E-state index is 11.7. The first-order valence-electron chi connectivity index (χ1n) is 5.37. The molecule has 2 aliphatic heterocycles. The highest BCUT2D eigenvalue weighted by molar-refractivity contribution is 5.87. The van der Waals surface area contributed by atoms with E-state index >= 15 is 0 Å². The van der Waals surface area contributed by atoms with Gasteiger partial charge in [0.25, 0.3) is 0 Å². The minimum Gasteiger partial charge on any atom is -0.351 e. The van der Waals surface area contributed by atoms with Crippen LogP contribution < -0.4 is 0 Å². The fraction of sp³-hybridized carbons (Fsp3) is 0.800. The largest absolute Gasteiger partial charge is 0.351 e. The average molecular weight is 195 g/mol. The molecular formula is C10H17N3O. The third kappa shape index (κ3) is 1.89. The van der Waals surface area contributed by atoms with Crippen LogP contribution in [0.15, 0.2) is 0 Å². The summed E-state index contributed by atoms with van der Waals surface area (Å²) in [6.07, 6.45) is 4.16. The highest BCUT2D eigenvalue weighted by Crippen LogP contribution is 2.12. The Morgan fingerprint density at radius 3 is 2.50 bits per heavy atom. The fourth-order valence-corrected chi connectivity index (χ4v) is 2.13. The third-order valence-corrected chi connectivity index (χ3v) is 3.01. The van der Waals surface area contributed by atoms with Crippen LogP contribution in [-0.2, 0) is 4.79 Å². The predicted octanol–water partition coefficient (Wildman–Crippen LogP) is 0.682. The summed E-state index contributed by atoms with van der Waals surface area (Å²) >= 11 is 0. The molecule has 0 unspecified atom stereocenters. The molecule has 4 nitrogen and oxygen atoms in total. The van der Waals surface area contributed by atoms with Crippen molar-refractivity contribution >= 4 is 11.7 Å². The van der Waals surface area contributed by atoms with Crippen LogP contribution in [0.2, 0.25) is 0 Å². The molecule has 0 aromatic heterocycles. The monoisotopic (exact) mass is 195 g/mol. The molecule has 0 atom stereocenters. The molecule has 0 aliphatic carbocycles. The predicted molar refractivity (Wildman–Crippen MR) is 54.3 cm³/mol. The van der Waals surface area contributed by atoms with Gasteiger partial charge in [0.1, 0.15) is 0 Å². The molecule has 78 valence electrons. The van der Waals surface area contributed by atoms with Crippen LogP contribution in [0.3, 0.4) is 0 Å². The van der Waals surface area contributed by atoms with Gasteiger partial charge in [-0.05, 0) is 19.3 Å². The number of amidine groups is 1. The number of likely N-dealkylation sites (tertiary alicyclic amines) is 2. The topological polar surface area (TPSA) is 47.4 Å². The van der Waals surface area contributed by atoms with Crippen molar-refractivity contribution in [2.75, 3.05) is 26.2 Å². The van der Waals surface area contributed by atoms with Gasteiger partial charge in [-0.3, -0.25) is 10.2 Å². The zero-order valence-electron chi connectivity index (χ0n) is 8.46. The lowest BCUT2D eigenvalue weighted by Gasteiger charge is -2.21. The number of carbonyl (C=O) groups excluding carboxylic acids is 1. The molecule has 4 heteroatoms. The molecule has 14 heavy (non-hydrogen) atoms. The van der Waals surface area contributed by atoms with Gasteiger partial charge < -0.3 is 9.80 Å². The first-order chi connectivity index (χ1) is 6.77. The van der Waals surface area contributed by atoms with Crippen LogP contribution in [0.4, 0.5) is 0 Å². The van der Waals surface area contributed by atoms with Crippen molar-refractivity contribution in [1.29, 1.82) is 5.41 Å². The Bertz CT molecular complexity index is 246. The summed E-state index contributed by atoms with van der Waals surface area (Å²) in [6.45, 7) is 3.15. The summed E-state index contributed by atoms with van der Waals surface area (Å²) in [5.74, 6) is 0.840. The van der Waals surface area contributed by atoms with Crippen molar-refractivity contribution in [3.05, 3.63) is 0 Å². The van der Waals surface area contributed by atoms with Crippen molar-refractivity contribution in [3.63, 3.8) is 0 Å². The molecule has 2 aliphatic rings. The summed E-state index contributed by atoms with van der Waals surface area (Å²) in [5.41, 5.74) is 0. The number of nitrogens with one attached hydrogen (secondary N) is 1. The smallest absolute Gasteiger partial charge is 0.242 e. The van der Waals surface area contributed by atoms with E-state index in [0.717, 1.165) is 45.3 Å². The van der Waals surface area contributed by atoms with Gasteiger partial charge in [0.2, 0.25) is 5.91 Å². The molecule has 0 bridgehead atoms. The summed E-state index contributed by atoms with van der Waals surface area (Å²) in [7, 11) is 0. The number of amides is 1. The Labute approximate surface area is 84.4 Å². The lowest BCUT2D eigenvalue weighted by molar-refractivity contribution is -0.130. The van der Waals surface area contributed by atoms with Gasteiger partial charge in [0, 0.05) is 26.1 Å². The van der Waals surface area contributed by atoms with E-state index in [1.54, 1.807) is 0 Å². The number of carbonyl (C=O) groups is 1. The third-order valence-electron chi connectivity index (χ3n) is 3.01. The van der Waals surface area contributed by atoms with Crippen LogP contribution in [-0.4, -0.2) is 47.7 Å². The van der Waals surface area contributed by atoms with E-state index in [2.05, 4.69) is 0 Å². The maximum Gasteiger partial charge on any atom is 0.242 e. The van der Waals surface area contributed by atoms with Gasteiger partial charge in [0.05, 0.1) is 12.4 Å². The Balaban J connectivity index is 1.84. The Morgan fingerprint density at radius 2 is 1.93 bits per heavy atom. The number of nitrogens with zero attached hydrogens (tertiary/aromatic N) is 2. The van der Waals surface area contributed by atoms with Crippen LogP contribution in [0.1, 0.15) is 25.7 Å². The highest BCUT2D eigenvalue weighted by Gasteiger charge is 2.23. The Kier molecular flexibility index (Phi) is 2.70. The zero-order chi connectivity index (χ0) is 9.97. The van der Waals surface area contributed by atoms with Gasteiger partial charge in [0.15, 0.2) is 0 Å². The molecule has 2 heterocycles. The molecule has 2 rings (SSSR count). The van der Waals surface area contributed by atoms with Crippen molar-refractivity contribution < 1.29 is 4.79 Å². The van der Waals surface area contributed by atoms with E-state index in [4.69, 9.17) is 5.41 Å². The number of hydrogen-bond donors (Lipinski definition) is 1. The molecule has 2 saturated heterocycles. The van der Waals surface area contributed by atoms with Gasteiger partial charge in [-0.2, -0.15) is 0 Å². The molecule has 0 aromatic rings. The van der Waals surface area contributed by atoms with Crippen LogP contribution in [0.5, 0.6) is 0 Å². The lowest BCUT2D eigenvalue weighted by atomic mass is 10.4. The van der Waals surface area contributed by atoms with E-state index < -0.39 is 0 Å². The van der Waals surface area contributed by atoms with Crippen LogP contribution >= 0.6 is 0 Å². The standard InChI is InChI=1S/C10H17N3O/c11-9-4-3-7-13(9)8-10(14)12-5-1-2-6-12/h11H,1-8H2. The summed E-state index contributed by atoms with van der Waals surface area (Å²) in [4.78, 5) is 15.6. The normalized spacial score (nSPS) is 22.1. The first-order valence-corrected chi connectivity index (χ1v) is 5.37. The van der Waals surface area contributed by atoms with Gasteiger partial charge in [-0.25, -0.2) is 0 Å². The van der Waals surface area contributed by atoms with Gasteiger partial charge in [-0.1, -0.05) is 0 Å². The maximum atomic E-state index is 11.7. The van der Waals surface area contributed by atoms with Crippen LogP contribution in [0, 0.1) is 5.41 Å². The minimum absolute atomic E-state index is 0.203.